The Labute approximate surface area is 108 Å². The Bertz CT molecular complexity index is 414. The van der Waals surface area contributed by atoms with Crippen LogP contribution in [-0.2, 0) is 9.53 Å². The number of carbonyl (C=O) groups is 1. The number of hydrogen-bond donors (Lipinski definition) is 1. The Morgan fingerprint density at radius 1 is 1.33 bits per heavy atom. The topological polar surface area (TPSA) is 61.5 Å². The van der Waals surface area contributed by atoms with E-state index in [0.717, 1.165) is 11.1 Å². The summed E-state index contributed by atoms with van der Waals surface area (Å²) < 4.78 is 10.4. The molecule has 1 aromatic rings. The van der Waals surface area contributed by atoms with E-state index < -0.39 is 0 Å². The summed E-state index contributed by atoms with van der Waals surface area (Å²) in [5, 5.41) is 0. The van der Waals surface area contributed by atoms with Crippen molar-refractivity contribution in [2.24, 2.45) is 5.73 Å². The van der Waals surface area contributed by atoms with Crippen LogP contribution in [-0.4, -0.2) is 18.7 Å². The van der Waals surface area contributed by atoms with Crippen molar-refractivity contribution in [1.29, 1.82) is 0 Å². The fourth-order valence-electron chi connectivity index (χ4n) is 1.55. The number of esters is 1. The summed E-state index contributed by atoms with van der Waals surface area (Å²) in [5.74, 6) is 0.320. The molecule has 1 aromatic carbocycles. The van der Waals surface area contributed by atoms with Crippen molar-refractivity contribution in [3.8, 4) is 5.75 Å². The van der Waals surface area contributed by atoms with Crippen LogP contribution in [0.3, 0.4) is 0 Å². The molecule has 4 nitrogen and oxygen atoms in total. The highest BCUT2D eigenvalue weighted by Crippen LogP contribution is 2.21. The van der Waals surface area contributed by atoms with Gasteiger partial charge in [-0.1, -0.05) is 12.1 Å². The van der Waals surface area contributed by atoms with Gasteiger partial charge in [-0.25, -0.2) is 4.79 Å². The SMILES string of the molecule is Cc1cc(C(C)N)ccc1OCC(=O)OC(C)C. The zero-order valence-electron chi connectivity index (χ0n) is 11.4. The summed E-state index contributed by atoms with van der Waals surface area (Å²) in [5.41, 5.74) is 7.80. The Balaban J connectivity index is 2.60. The maximum absolute atomic E-state index is 11.3. The first kappa shape index (κ1) is 14.5. The van der Waals surface area contributed by atoms with Crippen molar-refractivity contribution in [3.63, 3.8) is 0 Å². The normalized spacial score (nSPS) is 12.3. The van der Waals surface area contributed by atoms with Crippen molar-refractivity contribution < 1.29 is 14.3 Å². The lowest BCUT2D eigenvalue weighted by Crippen LogP contribution is -2.19. The van der Waals surface area contributed by atoms with E-state index in [4.69, 9.17) is 15.2 Å². The molecule has 0 bridgehead atoms. The van der Waals surface area contributed by atoms with Crippen LogP contribution in [0, 0.1) is 6.92 Å². The van der Waals surface area contributed by atoms with Crippen molar-refractivity contribution in [1.82, 2.24) is 0 Å². The lowest BCUT2D eigenvalue weighted by Gasteiger charge is -2.13. The van der Waals surface area contributed by atoms with Crippen molar-refractivity contribution in [3.05, 3.63) is 29.3 Å². The van der Waals surface area contributed by atoms with E-state index in [1.807, 2.05) is 32.0 Å². The highest BCUT2D eigenvalue weighted by atomic mass is 16.6. The van der Waals surface area contributed by atoms with Gasteiger partial charge in [0.25, 0.3) is 0 Å². The molecule has 0 heterocycles. The number of hydrogen-bond acceptors (Lipinski definition) is 4. The molecule has 0 aliphatic rings. The van der Waals surface area contributed by atoms with Gasteiger partial charge in [-0.05, 0) is 44.9 Å². The number of benzene rings is 1. The third-order valence-electron chi connectivity index (χ3n) is 2.44. The molecule has 0 saturated heterocycles. The van der Waals surface area contributed by atoms with Crippen LogP contribution in [0.25, 0.3) is 0 Å². The maximum Gasteiger partial charge on any atom is 0.344 e. The zero-order chi connectivity index (χ0) is 13.7. The fraction of sp³-hybridized carbons (Fsp3) is 0.500. The first-order chi connectivity index (χ1) is 8.40. The largest absolute Gasteiger partial charge is 0.482 e. The van der Waals surface area contributed by atoms with Crippen molar-refractivity contribution >= 4 is 5.97 Å². The lowest BCUT2D eigenvalue weighted by molar-refractivity contribution is -0.149. The van der Waals surface area contributed by atoms with Gasteiger partial charge < -0.3 is 15.2 Å². The van der Waals surface area contributed by atoms with Gasteiger partial charge in [-0.15, -0.1) is 0 Å². The van der Waals surface area contributed by atoms with Gasteiger partial charge in [0, 0.05) is 6.04 Å². The molecule has 0 spiro atoms. The van der Waals surface area contributed by atoms with Gasteiger partial charge in [0.2, 0.25) is 0 Å². The van der Waals surface area contributed by atoms with Crippen LogP contribution in [0.2, 0.25) is 0 Å². The summed E-state index contributed by atoms with van der Waals surface area (Å²) >= 11 is 0. The van der Waals surface area contributed by atoms with E-state index in [1.165, 1.54) is 0 Å². The van der Waals surface area contributed by atoms with E-state index in [1.54, 1.807) is 13.8 Å². The van der Waals surface area contributed by atoms with Crippen LogP contribution in [0.4, 0.5) is 0 Å². The number of rotatable bonds is 5. The molecule has 0 radical (unpaired) electrons. The molecular weight excluding hydrogens is 230 g/mol. The van der Waals surface area contributed by atoms with E-state index in [0.29, 0.717) is 5.75 Å². The molecule has 0 aromatic heterocycles. The summed E-state index contributed by atoms with van der Waals surface area (Å²) in [6.45, 7) is 7.39. The van der Waals surface area contributed by atoms with Crippen LogP contribution in [0.15, 0.2) is 18.2 Å². The number of nitrogens with two attached hydrogens (primary N) is 1. The van der Waals surface area contributed by atoms with Crippen LogP contribution in [0.1, 0.15) is 37.9 Å². The minimum Gasteiger partial charge on any atom is -0.482 e. The van der Waals surface area contributed by atoms with Gasteiger partial charge in [0.15, 0.2) is 6.61 Å². The Morgan fingerprint density at radius 2 is 2.00 bits per heavy atom. The molecular formula is C14H21NO3. The molecule has 0 saturated carbocycles. The quantitative estimate of drug-likeness (QED) is 0.816. The summed E-state index contributed by atoms with van der Waals surface area (Å²) in [6, 6.07) is 5.69. The summed E-state index contributed by atoms with van der Waals surface area (Å²) in [7, 11) is 0. The molecule has 18 heavy (non-hydrogen) atoms. The molecule has 0 amide bonds. The summed E-state index contributed by atoms with van der Waals surface area (Å²) in [4.78, 5) is 11.3. The molecule has 1 unspecified atom stereocenters. The van der Waals surface area contributed by atoms with Gasteiger partial charge in [-0.2, -0.15) is 0 Å². The van der Waals surface area contributed by atoms with E-state index in [9.17, 15) is 4.79 Å². The van der Waals surface area contributed by atoms with Gasteiger partial charge >= 0.3 is 5.97 Å². The highest BCUT2D eigenvalue weighted by Gasteiger charge is 2.09. The average Bonchev–Trinajstić information content (AvgIpc) is 2.26. The second kappa shape index (κ2) is 6.40. The van der Waals surface area contributed by atoms with E-state index in [-0.39, 0.29) is 24.7 Å². The van der Waals surface area contributed by atoms with Crippen LogP contribution >= 0.6 is 0 Å². The number of carbonyl (C=O) groups excluding carboxylic acids is 1. The molecule has 1 rings (SSSR count). The van der Waals surface area contributed by atoms with Gasteiger partial charge in [0.1, 0.15) is 5.75 Å². The second-order valence-corrected chi connectivity index (χ2v) is 4.64. The smallest absolute Gasteiger partial charge is 0.344 e. The minimum atomic E-state index is -0.360. The van der Waals surface area contributed by atoms with Crippen molar-refractivity contribution in [2.45, 2.75) is 39.8 Å². The predicted octanol–water partition coefficient (Wildman–Crippen LogP) is 2.35. The first-order valence-corrected chi connectivity index (χ1v) is 6.08. The third-order valence-corrected chi connectivity index (χ3v) is 2.44. The molecule has 100 valence electrons. The van der Waals surface area contributed by atoms with Crippen LogP contribution in [0.5, 0.6) is 5.75 Å². The van der Waals surface area contributed by atoms with Gasteiger partial charge in [-0.3, -0.25) is 0 Å². The standard InChI is InChI=1S/C14H21NO3/c1-9(2)18-14(16)8-17-13-6-5-12(11(4)15)7-10(13)3/h5-7,9,11H,8,15H2,1-4H3. The number of ether oxygens (including phenoxy) is 2. The lowest BCUT2D eigenvalue weighted by atomic mass is 10.1. The maximum atomic E-state index is 11.3. The molecule has 0 aliphatic heterocycles. The van der Waals surface area contributed by atoms with Crippen molar-refractivity contribution in [2.75, 3.05) is 6.61 Å². The Hall–Kier alpha value is -1.55. The van der Waals surface area contributed by atoms with E-state index >= 15 is 0 Å². The van der Waals surface area contributed by atoms with Gasteiger partial charge in [0.05, 0.1) is 6.10 Å². The van der Waals surface area contributed by atoms with E-state index in [2.05, 4.69) is 0 Å². The molecule has 4 heteroatoms. The molecule has 1 atom stereocenters. The summed E-state index contributed by atoms with van der Waals surface area (Å²) in [6.07, 6.45) is -0.123. The molecule has 0 fully saturated rings. The zero-order valence-corrected chi connectivity index (χ0v) is 11.4. The molecule has 2 N–H and O–H groups in total. The number of aryl methyl sites for hydroxylation is 1. The Morgan fingerprint density at radius 3 is 2.50 bits per heavy atom. The second-order valence-electron chi connectivity index (χ2n) is 4.64. The molecule has 0 aliphatic carbocycles. The highest BCUT2D eigenvalue weighted by molar-refractivity contribution is 5.71. The minimum absolute atomic E-state index is 0.0105. The monoisotopic (exact) mass is 251 g/mol. The van der Waals surface area contributed by atoms with Crippen LogP contribution < -0.4 is 10.5 Å². The average molecular weight is 251 g/mol. The predicted molar refractivity (Wildman–Crippen MR) is 70.5 cm³/mol. The Kier molecular flexibility index (Phi) is 5.16. The fourth-order valence-corrected chi connectivity index (χ4v) is 1.55. The first-order valence-electron chi connectivity index (χ1n) is 6.08. The third kappa shape index (κ3) is 4.37.